The number of benzene rings is 1. The lowest BCUT2D eigenvalue weighted by atomic mass is 10.0. The molecule has 0 saturated heterocycles. The minimum Gasteiger partial charge on any atom is -0.313 e. The largest absolute Gasteiger partial charge is 0.325 e. The fraction of sp³-hybridized carbons (Fsp3) is 0.0909. The molecule has 0 saturated carbocycles. The maximum Gasteiger partial charge on any atom is 0.325 e. The van der Waals surface area contributed by atoms with Crippen LogP contribution in [0.1, 0.15) is 5.56 Å². The van der Waals surface area contributed by atoms with Gasteiger partial charge >= 0.3 is 5.69 Å². The molecule has 0 bridgehead atoms. The molecule has 1 aromatic heterocycles. The van der Waals surface area contributed by atoms with Crippen molar-refractivity contribution in [2.45, 2.75) is 6.92 Å². The second kappa shape index (κ2) is 3.77. The molecular weight excluding hydrogens is 211 g/mol. The molecule has 0 aliphatic rings. The van der Waals surface area contributed by atoms with Gasteiger partial charge in [0.15, 0.2) is 0 Å². The van der Waals surface area contributed by atoms with Crippen LogP contribution in [0.15, 0.2) is 34.0 Å². The molecule has 0 aliphatic carbocycles. The summed E-state index contributed by atoms with van der Waals surface area (Å²) in [6.07, 6.45) is 1.28. The van der Waals surface area contributed by atoms with Gasteiger partial charge in [0.2, 0.25) is 0 Å². The van der Waals surface area contributed by atoms with Crippen LogP contribution in [-0.4, -0.2) is 9.97 Å². The quantitative estimate of drug-likeness (QED) is 0.757. The Morgan fingerprint density at radius 3 is 2.62 bits per heavy atom. The van der Waals surface area contributed by atoms with Crippen molar-refractivity contribution in [1.29, 1.82) is 0 Å². The Hall–Kier alpha value is -2.17. The highest BCUT2D eigenvalue weighted by Crippen LogP contribution is 2.20. The molecular formula is C11H9FN2O2. The second-order valence-corrected chi connectivity index (χ2v) is 3.40. The highest BCUT2D eigenvalue weighted by Gasteiger charge is 2.09. The maximum atomic E-state index is 13.3. The third-order valence-electron chi connectivity index (χ3n) is 2.38. The van der Waals surface area contributed by atoms with E-state index in [0.29, 0.717) is 11.1 Å². The average Bonchev–Trinajstić information content (AvgIpc) is 2.23. The lowest BCUT2D eigenvalue weighted by Crippen LogP contribution is -2.22. The lowest BCUT2D eigenvalue weighted by molar-refractivity contribution is 0.619. The van der Waals surface area contributed by atoms with Gasteiger partial charge in [0, 0.05) is 6.20 Å². The molecule has 82 valence electrons. The van der Waals surface area contributed by atoms with Crippen molar-refractivity contribution >= 4 is 0 Å². The molecule has 0 unspecified atom stereocenters. The first kappa shape index (κ1) is 10.4. The van der Waals surface area contributed by atoms with Crippen molar-refractivity contribution in [2.24, 2.45) is 0 Å². The molecule has 1 heterocycles. The van der Waals surface area contributed by atoms with E-state index in [-0.39, 0.29) is 11.4 Å². The van der Waals surface area contributed by atoms with E-state index < -0.39 is 11.2 Å². The Morgan fingerprint density at radius 1 is 1.19 bits per heavy atom. The van der Waals surface area contributed by atoms with Gasteiger partial charge in [0.05, 0.1) is 5.56 Å². The number of hydrogen-bond donors (Lipinski definition) is 2. The number of nitrogens with one attached hydrogen (secondary N) is 2. The van der Waals surface area contributed by atoms with Gasteiger partial charge in [-0.05, 0) is 24.1 Å². The van der Waals surface area contributed by atoms with Gasteiger partial charge in [-0.25, -0.2) is 9.18 Å². The molecule has 0 amide bonds. The van der Waals surface area contributed by atoms with E-state index in [2.05, 4.69) is 9.97 Å². The summed E-state index contributed by atoms with van der Waals surface area (Å²) in [4.78, 5) is 26.8. The minimum absolute atomic E-state index is 0.247. The summed E-state index contributed by atoms with van der Waals surface area (Å²) in [5, 5.41) is 0. The van der Waals surface area contributed by atoms with Crippen molar-refractivity contribution in [3.05, 3.63) is 56.6 Å². The first-order chi connectivity index (χ1) is 7.59. The van der Waals surface area contributed by atoms with E-state index in [0.717, 1.165) is 0 Å². The van der Waals surface area contributed by atoms with Gasteiger partial charge in [-0.15, -0.1) is 0 Å². The van der Waals surface area contributed by atoms with Crippen molar-refractivity contribution in [3.8, 4) is 11.1 Å². The van der Waals surface area contributed by atoms with Crippen LogP contribution in [0.2, 0.25) is 0 Å². The van der Waals surface area contributed by atoms with Crippen LogP contribution in [0.5, 0.6) is 0 Å². The Balaban J connectivity index is 2.73. The molecule has 2 rings (SSSR count). The van der Waals surface area contributed by atoms with Crippen LogP contribution in [0.3, 0.4) is 0 Å². The van der Waals surface area contributed by atoms with E-state index in [9.17, 15) is 14.0 Å². The van der Waals surface area contributed by atoms with Crippen LogP contribution >= 0.6 is 0 Å². The Morgan fingerprint density at radius 2 is 1.94 bits per heavy atom. The van der Waals surface area contributed by atoms with Crippen LogP contribution in [0, 0.1) is 12.7 Å². The summed E-state index contributed by atoms with van der Waals surface area (Å²) in [5.74, 6) is -0.386. The number of aromatic amines is 2. The summed E-state index contributed by atoms with van der Waals surface area (Å²) in [6, 6.07) is 4.46. The maximum absolute atomic E-state index is 13.3. The van der Waals surface area contributed by atoms with Crippen molar-refractivity contribution in [2.75, 3.05) is 0 Å². The van der Waals surface area contributed by atoms with Crippen LogP contribution in [0.25, 0.3) is 11.1 Å². The Labute approximate surface area is 89.8 Å². The fourth-order valence-electron chi connectivity index (χ4n) is 1.51. The van der Waals surface area contributed by atoms with Gasteiger partial charge < -0.3 is 4.98 Å². The highest BCUT2D eigenvalue weighted by molar-refractivity contribution is 5.65. The van der Waals surface area contributed by atoms with Gasteiger partial charge in [0.25, 0.3) is 5.56 Å². The number of halogens is 1. The summed E-state index contributed by atoms with van der Waals surface area (Å²) >= 11 is 0. The van der Waals surface area contributed by atoms with E-state index in [1.165, 1.54) is 18.3 Å². The second-order valence-electron chi connectivity index (χ2n) is 3.40. The molecule has 16 heavy (non-hydrogen) atoms. The average molecular weight is 220 g/mol. The number of rotatable bonds is 1. The molecule has 0 aliphatic heterocycles. The number of hydrogen-bond acceptors (Lipinski definition) is 2. The molecule has 0 spiro atoms. The molecule has 1 aromatic carbocycles. The Kier molecular flexibility index (Phi) is 2.44. The summed E-state index contributed by atoms with van der Waals surface area (Å²) in [7, 11) is 0. The van der Waals surface area contributed by atoms with Gasteiger partial charge in [-0.3, -0.25) is 9.78 Å². The SMILES string of the molecule is Cc1c(F)cccc1-c1c[nH]c(=O)[nH]c1=O. The van der Waals surface area contributed by atoms with Crippen molar-refractivity contribution < 1.29 is 4.39 Å². The molecule has 0 radical (unpaired) electrons. The predicted molar refractivity (Wildman–Crippen MR) is 57.8 cm³/mol. The highest BCUT2D eigenvalue weighted by atomic mass is 19.1. The topological polar surface area (TPSA) is 65.7 Å². The zero-order chi connectivity index (χ0) is 11.7. The van der Waals surface area contributed by atoms with E-state index in [1.54, 1.807) is 13.0 Å². The van der Waals surface area contributed by atoms with Gasteiger partial charge in [-0.1, -0.05) is 12.1 Å². The standard InChI is InChI=1S/C11H9FN2O2/c1-6-7(3-2-4-9(6)12)8-5-13-11(16)14-10(8)15/h2-5H,1H3,(H2,13,14,15,16). The third kappa shape index (κ3) is 1.67. The Bertz CT molecular complexity index is 643. The van der Waals surface area contributed by atoms with E-state index >= 15 is 0 Å². The summed E-state index contributed by atoms with van der Waals surface area (Å²) in [5.41, 5.74) is -0.0191. The smallest absolute Gasteiger partial charge is 0.313 e. The molecule has 0 atom stereocenters. The van der Waals surface area contributed by atoms with Crippen LogP contribution < -0.4 is 11.2 Å². The number of H-pyrrole nitrogens is 2. The summed E-state index contributed by atoms with van der Waals surface area (Å²) < 4.78 is 13.3. The predicted octanol–water partition coefficient (Wildman–Crippen LogP) is 1.18. The molecule has 4 nitrogen and oxygen atoms in total. The van der Waals surface area contributed by atoms with Crippen LogP contribution in [0.4, 0.5) is 4.39 Å². The molecule has 2 N–H and O–H groups in total. The molecule has 2 aromatic rings. The minimum atomic E-state index is -0.581. The van der Waals surface area contributed by atoms with E-state index in [1.807, 2.05) is 0 Å². The summed E-state index contributed by atoms with van der Waals surface area (Å²) in [6.45, 7) is 1.58. The zero-order valence-electron chi connectivity index (χ0n) is 8.50. The third-order valence-corrected chi connectivity index (χ3v) is 2.38. The lowest BCUT2D eigenvalue weighted by Gasteiger charge is -2.04. The van der Waals surface area contributed by atoms with Gasteiger partial charge in [-0.2, -0.15) is 0 Å². The first-order valence-corrected chi connectivity index (χ1v) is 4.67. The fourth-order valence-corrected chi connectivity index (χ4v) is 1.51. The molecule has 5 heteroatoms. The number of aromatic nitrogens is 2. The van der Waals surface area contributed by atoms with Crippen molar-refractivity contribution in [1.82, 2.24) is 9.97 Å². The zero-order valence-corrected chi connectivity index (χ0v) is 8.50. The van der Waals surface area contributed by atoms with E-state index in [4.69, 9.17) is 0 Å². The first-order valence-electron chi connectivity index (χ1n) is 4.67. The van der Waals surface area contributed by atoms with Crippen LogP contribution in [-0.2, 0) is 0 Å². The van der Waals surface area contributed by atoms with Crippen molar-refractivity contribution in [3.63, 3.8) is 0 Å². The molecule has 0 fully saturated rings. The monoisotopic (exact) mass is 220 g/mol. The normalized spacial score (nSPS) is 10.4. The van der Waals surface area contributed by atoms with Gasteiger partial charge in [0.1, 0.15) is 5.82 Å².